The molecule has 1 atom stereocenters. The van der Waals surface area contributed by atoms with Crippen LogP contribution in [0.15, 0.2) is 53.9 Å². The Labute approximate surface area is 185 Å². The number of amides is 1. The zero-order valence-corrected chi connectivity index (χ0v) is 18.1. The van der Waals surface area contributed by atoms with Crippen LogP contribution in [-0.2, 0) is 11.0 Å². The normalized spacial score (nSPS) is 12.4. The number of imidazole rings is 1. The summed E-state index contributed by atoms with van der Waals surface area (Å²) in [4.78, 5) is 26.8. The van der Waals surface area contributed by atoms with E-state index in [9.17, 15) is 28.1 Å². The van der Waals surface area contributed by atoms with Crippen molar-refractivity contribution >= 4 is 29.0 Å². The summed E-state index contributed by atoms with van der Waals surface area (Å²) in [6.07, 6.45) is -1.57. The van der Waals surface area contributed by atoms with E-state index in [1.165, 1.54) is 6.92 Å². The Morgan fingerprint density at radius 3 is 2.53 bits per heavy atom. The Hall–Kier alpha value is -3.34. The van der Waals surface area contributed by atoms with Gasteiger partial charge in [0, 0.05) is 30.2 Å². The van der Waals surface area contributed by atoms with Crippen LogP contribution in [0.1, 0.15) is 23.6 Å². The number of hydrogen-bond acceptors (Lipinski definition) is 5. The molecular formula is C21H19F3N4O3S. The molecule has 0 aliphatic rings. The molecule has 0 aliphatic carbocycles. The van der Waals surface area contributed by atoms with Crippen molar-refractivity contribution in [3.05, 3.63) is 75.6 Å². The van der Waals surface area contributed by atoms with Crippen molar-refractivity contribution in [1.29, 1.82) is 0 Å². The highest BCUT2D eigenvalue weighted by molar-refractivity contribution is 8.00. The minimum absolute atomic E-state index is 0.403. The maximum absolute atomic E-state index is 13.4. The number of alkyl halides is 3. The molecule has 0 fully saturated rings. The number of nitrogens with one attached hydrogen (secondary N) is 1. The molecule has 2 aromatic carbocycles. The highest BCUT2D eigenvalue weighted by Gasteiger charge is 2.36. The highest BCUT2D eigenvalue weighted by Crippen LogP contribution is 2.37. The van der Waals surface area contributed by atoms with E-state index in [2.05, 4.69) is 10.3 Å². The monoisotopic (exact) mass is 464 g/mol. The summed E-state index contributed by atoms with van der Waals surface area (Å²) in [5, 5.41) is 12.8. The maximum atomic E-state index is 13.4. The molecule has 3 rings (SSSR count). The zero-order valence-electron chi connectivity index (χ0n) is 17.3. The predicted molar refractivity (Wildman–Crippen MR) is 115 cm³/mol. The SMILES string of the molecule is Cc1ccc(-n2ccnc2SC(C)C(=O)Nc2ccc([N+](=O)[O-])cc2C(F)(F)F)cc1C. The third kappa shape index (κ3) is 5.10. The number of anilines is 1. The van der Waals surface area contributed by atoms with Crippen molar-refractivity contribution in [3.8, 4) is 5.69 Å². The molecule has 0 saturated heterocycles. The average molecular weight is 464 g/mol. The molecule has 7 nitrogen and oxygen atoms in total. The molecule has 1 aromatic heterocycles. The molecule has 1 heterocycles. The Morgan fingerprint density at radius 2 is 1.91 bits per heavy atom. The molecule has 0 bridgehead atoms. The Balaban J connectivity index is 1.80. The van der Waals surface area contributed by atoms with E-state index < -0.39 is 39.2 Å². The Bertz CT molecular complexity index is 1180. The van der Waals surface area contributed by atoms with E-state index in [1.54, 1.807) is 17.0 Å². The van der Waals surface area contributed by atoms with Gasteiger partial charge in [0.15, 0.2) is 5.16 Å². The Kier molecular flexibility index (Phi) is 6.58. The van der Waals surface area contributed by atoms with Crippen LogP contribution in [-0.4, -0.2) is 25.6 Å². The van der Waals surface area contributed by atoms with Crippen LogP contribution in [0.25, 0.3) is 5.69 Å². The molecule has 0 aliphatic heterocycles. The van der Waals surface area contributed by atoms with Crippen molar-refractivity contribution in [2.24, 2.45) is 0 Å². The second kappa shape index (κ2) is 9.03. The van der Waals surface area contributed by atoms with Crippen molar-refractivity contribution in [2.75, 3.05) is 5.32 Å². The van der Waals surface area contributed by atoms with Crippen molar-refractivity contribution in [1.82, 2.24) is 9.55 Å². The van der Waals surface area contributed by atoms with Crippen LogP contribution in [0.2, 0.25) is 0 Å². The fourth-order valence-corrected chi connectivity index (χ4v) is 3.77. The van der Waals surface area contributed by atoms with Crippen LogP contribution >= 0.6 is 11.8 Å². The van der Waals surface area contributed by atoms with E-state index in [0.717, 1.165) is 40.7 Å². The minimum Gasteiger partial charge on any atom is -0.325 e. The van der Waals surface area contributed by atoms with Crippen LogP contribution < -0.4 is 5.32 Å². The lowest BCUT2D eigenvalue weighted by molar-refractivity contribution is -0.385. The summed E-state index contributed by atoms with van der Waals surface area (Å²) >= 11 is 1.08. The number of benzene rings is 2. The number of carbonyl (C=O) groups excluding carboxylic acids is 1. The molecule has 11 heteroatoms. The smallest absolute Gasteiger partial charge is 0.325 e. The summed E-state index contributed by atoms with van der Waals surface area (Å²) in [7, 11) is 0. The first-order chi connectivity index (χ1) is 15.0. The van der Waals surface area contributed by atoms with E-state index >= 15 is 0 Å². The molecule has 3 aromatic rings. The number of nitro groups is 1. The standard InChI is InChI=1S/C21H19F3N4O3S/c1-12-4-5-15(10-13(12)2)27-9-8-25-20(27)32-14(3)19(29)26-18-7-6-16(28(30)31)11-17(18)21(22,23)24/h4-11,14H,1-3H3,(H,26,29). The van der Waals surface area contributed by atoms with Crippen LogP contribution in [0, 0.1) is 24.0 Å². The maximum Gasteiger partial charge on any atom is 0.418 e. The highest BCUT2D eigenvalue weighted by atomic mass is 32.2. The summed E-state index contributed by atoms with van der Waals surface area (Å²) < 4.78 is 41.9. The lowest BCUT2D eigenvalue weighted by Crippen LogP contribution is -2.24. The fraction of sp³-hybridized carbons (Fsp3) is 0.238. The van der Waals surface area contributed by atoms with Crippen LogP contribution in [0.5, 0.6) is 0 Å². The van der Waals surface area contributed by atoms with Gasteiger partial charge in [0.1, 0.15) is 0 Å². The molecule has 0 saturated carbocycles. The van der Waals surface area contributed by atoms with Gasteiger partial charge in [-0.15, -0.1) is 0 Å². The zero-order chi connectivity index (χ0) is 23.6. The first-order valence-corrected chi connectivity index (χ1v) is 10.3. The minimum atomic E-state index is -4.87. The van der Waals surface area contributed by atoms with Crippen molar-refractivity contribution in [3.63, 3.8) is 0 Å². The predicted octanol–water partition coefficient (Wildman–Crippen LogP) is 5.54. The molecule has 0 spiro atoms. The number of aromatic nitrogens is 2. The first kappa shape index (κ1) is 23.3. The van der Waals surface area contributed by atoms with Gasteiger partial charge in [-0.1, -0.05) is 17.8 Å². The number of nitro benzene ring substituents is 1. The number of nitrogens with zero attached hydrogens (tertiary/aromatic N) is 3. The van der Waals surface area contributed by atoms with Gasteiger partial charge in [0.25, 0.3) is 5.69 Å². The van der Waals surface area contributed by atoms with E-state index in [0.29, 0.717) is 11.2 Å². The van der Waals surface area contributed by atoms with Gasteiger partial charge in [-0.2, -0.15) is 13.2 Å². The van der Waals surface area contributed by atoms with Crippen LogP contribution in [0.3, 0.4) is 0 Å². The summed E-state index contributed by atoms with van der Waals surface area (Å²) in [6, 6.07) is 8.04. The lowest BCUT2D eigenvalue weighted by Gasteiger charge is -2.16. The number of non-ortho nitro benzene ring substituents is 1. The van der Waals surface area contributed by atoms with Crippen LogP contribution in [0.4, 0.5) is 24.5 Å². The molecule has 168 valence electrons. The number of aryl methyl sites for hydroxylation is 2. The molecule has 1 unspecified atom stereocenters. The fourth-order valence-electron chi connectivity index (χ4n) is 2.88. The third-order valence-electron chi connectivity index (χ3n) is 4.80. The van der Waals surface area contributed by atoms with E-state index in [1.807, 2.05) is 32.0 Å². The van der Waals surface area contributed by atoms with Gasteiger partial charge < -0.3 is 5.32 Å². The number of carbonyl (C=O) groups is 1. The van der Waals surface area contributed by atoms with Crippen molar-refractivity contribution < 1.29 is 22.9 Å². The molecular weight excluding hydrogens is 445 g/mol. The third-order valence-corrected chi connectivity index (χ3v) is 5.88. The van der Waals surface area contributed by atoms with Gasteiger partial charge in [0.2, 0.25) is 5.91 Å². The number of thioether (sulfide) groups is 1. The van der Waals surface area contributed by atoms with E-state index in [4.69, 9.17) is 0 Å². The van der Waals surface area contributed by atoms with Gasteiger partial charge in [-0.25, -0.2) is 4.98 Å². The number of halogens is 3. The second-order valence-corrected chi connectivity index (χ2v) is 8.39. The lowest BCUT2D eigenvalue weighted by atomic mass is 10.1. The van der Waals surface area contributed by atoms with Gasteiger partial charge in [-0.3, -0.25) is 19.5 Å². The number of rotatable bonds is 6. The van der Waals surface area contributed by atoms with Crippen molar-refractivity contribution in [2.45, 2.75) is 37.4 Å². The topological polar surface area (TPSA) is 90.1 Å². The molecule has 32 heavy (non-hydrogen) atoms. The Morgan fingerprint density at radius 1 is 1.19 bits per heavy atom. The first-order valence-electron chi connectivity index (χ1n) is 9.41. The summed E-state index contributed by atoms with van der Waals surface area (Å²) in [6.45, 7) is 5.50. The van der Waals surface area contributed by atoms with Gasteiger partial charge >= 0.3 is 6.18 Å². The largest absolute Gasteiger partial charge is 0.418 e. The second-order valence-electron chi connectivity index (χ2n) is 7.08. The van der Waals surface area contributed by atoms with Gasteiger partial charge in [0.05, 0.1) is 21.4 Å². The quantitative estimate of drug-likeness (QED) is 0.294. The number of hydrogen-bond donors (Lipinski definition) is 1. The summed E-state index contributed by atoms with van der Waals surface area (Å²) in [5.41, 5.74) is 0.505. The molecule has 0 radical (unpaired) electrons. The van der Waals surface area contributed by atoms with Gasteiger partial charge in [-0.05, 0) is 50.1 Å². The summed E-state index contributed by atoms with van der Waals surface area (Å²) in [5.74, 6) is -0.691. The average Bonchev–Trinajstić information content (AvgIpc) is 3.17. The molecule has 1 N–H and O–H groups in total. The molecule has 1 amide bonds. The van der Waals surface area contributed by atoms with E-state index in [-0.39, 0.29) is 0 Å².